The highest BCUT2D eigenvalue weighted by molar-refractivity contribution is 14.1. The van der Waals surface area contributed by atoms with Crippen molar-refractivity contribution in [1.82, 2.24) is 0 Å². The summed E-state index contributed by atoms with van der Waals surface area (Å²) in [7, 11) is 0. The molecule has 1 rings (SSSR count). The summed E-state index contributed by atoms with van der Waals surface area (Å²) in [6.45, 7) is 1.18. The Kier molecular flexibility index (Phi) is 12.1. The molecule has 288 valence electrons. The Bertz CT molecular complexity index is 1260. The molecule has 0 radical (unpaired) electrons. The average molecular weight is 884 g/mol. The van der Waals surface area contributed by atoms with Gasteiger partial charge in [0, 0.05) is 4.43 Å². The maximum Gasteiger partial charge on any atom is 0.460 e. The van der Waals surface area contributed by atoms with E-state index in [1.165, 1.54) is 22.6 Å². The lowest BCUT2D eigenvalue weighted by molar-refractivity contribution is -0.473. The van der Waals surface area contributed by atoms with E-state index in [1.807, 2.05) is 0 Å². The van der Waals surface area contributed by atoms with Gasteiger partial charge in [0.05, 0.1) is 13.2 Å². The van der Waals surface area contributed by atoms with E-state index in [1.54, 1.807) is 0 Å². The smallest absolute Gasteiger partial charge is 0.460 e. The van der Waals surface area contributed by atoms with Crippen molar-refractivity contribution in [3.05, 3.63) is 11.6 Å². The lowest BCUT2D eigenvalue weighted by atomic mass is 9.85. The van der Waals surface area contributed by atoms with E-state index in [0.29, 0.717) is 0 Å². The van der Waals surface area contributed by atoms with Crippen LogP contribution in [-0.2, 0) is 19.1 Å². The first-order valence-corrected chi connectivity index (χ1v) is 14.1. The quantitative estimate of drug-likeness (QED) is 0.0437. The molecule has 0 spiro atoms. The predicted octanol–water partition coefficient (Wildman–Crippen LogP) is 9.15. The van der Waals surface area contributed by atoms with E-state index in [9.17, 15) is 102 Å². The van der Waals surface area contributed by atoms with Crippen LogP contribution in [0, 0.1) is 11.3 Å². The first-order chi connectivity index (χ1) is 21.4. The van der Waals surface area contributed by atoms with E-state index < -0.39 is 125 Å². The van der Waals surface area contributed by atoms with E-state index >= 15 is 0 Å². The molecule has 0 aromatic heterocycles. The normalized spacial score (nSPS) is 20.1. The Morgan fingerprint density at radius 1 is 0.612 bits per heavy atom. The van der Waals surface area contributed by atoms with Crippen LogP contribution in [-0.4, -0.2) is 89.1 Å². The minimum atomic E-state index is -9.27. The summed E-state index contributed by atoms with van der Waals surface area (Å²) in [4.78, 5) is 25.1. The van der Waals surface area contributed by atoms with Crippen LogP contribution in [0.2, 0.25) is 0 Å². The highest BCUT2D eigenvalue weighted by atomic mass is 127. The topological polar surface area (TPSA) is 52.6 Å². The summed E-state index contributed by atoms with van der Waals surface area (Å²) >= 11 is 1.27. The second kappa shape index (κ2) is 13.2. The summed E-state index contributed by atoms with van der Waals surface area (Å²) < 4.78 is 296. The lowest BCUT2D eigenvalue weighted by Crippen LogP contribution is -2.76. The number of carbonyl (C=O) groups is 2. The highest BCUT2D eigenvalue weighted by Crippen LogP contribution is 2.66. The van der Waals surface area contributed by atoms with Crippen molar-refractivity contribution in [1.29, 1.82) is 0 Å². The second-order valence-corrected chi connectivity index (χ2v) is 11.1. The van der Waals surface area contributed by atoms with Crippen LogP contribution in [0.25, 0.3) is 0 Å². The van der Waals surface area contributed by atoms with Gasteiger partial charge in [0.2, 0.25) is 0 Å². The summed E-state index contributed by atoms with van der Waals surface area (Å²) in [5.74, 6) is -83.2. The third kappa shape index (κ3) is 6.38. The highest BCUT2D eigenvalue weighted by Gasteiger charge is 2.97. The van der Waals surface area contributed by atoms with Gasteiger partial charge in [0.1, 0.15) is 0 Å². The Labute approximate surface area is 272 Å². The van der Waals surface area contributed by atoms with Gasteiger partial charge in [0.15, 0.2) is 5.41 Å². The van der Waals surface area contributed by atoms with Gasteiger partial charge in [-0.25, -0.2) is 0 Å². The molecule has 1 aliphatic carbocycles. The average Bonchev–Trinajstić information content (AvgIpc) is 3.30. The molecule has 26 heteroatoms. The van der Waals surface area contributed by atoms with E-state index in [2.05, 4.69) is 9.47 Å². The van der Waals surface area contributed by atoms with Crippen molar-refractivity contribution in [3.63, 3.8) is 0 Å². The number of alkyl halides is 22. The number of allylic oxidation sites excluding steroid dienone is 2. The molecule has 1 atom stereocenters. The van der Waals surface area contributed by atoms with Crippen LogP contribution in [0.4, 0.5) is 92.2 Å². The number of ether oxygens (including phenoxy) is 2. The van der Waals surface area contributed by atoms with Crippen LogP contribution >= 0.6 is 22.6 Å². The monoisotopic (exact) mass is 884 g/mol. The second-order valence-electron chi connectivity index (χ2n) is 10.2. The van der Waals surface area contributed by atoms with Gasteiger partial charge in [-0.05, 0) is 38.7 Å². The van der Waals surface area contributed by atoms with Crippen LogP contribution < -0.4 is 0 Å². The van der Waals surface area contributed by atoms with Crippen LogP contribution in [0.5, 0.6) is 0 Å². The van der Waals surface area contributed by atoms with Crippen LogP contribution in [0.1, 0.15) is 26.7 Å². The van der Waals surface area contributed by atoms with Gasteiger partial charge in [-0.1, -0.05) is 28.2 Å². The summed E-state index contributed by atoms with van der Waals surface area (Å²) in [6.07, 6.45) is -12.0. The predicted molar refractivity (Wildman–Crippen MR) is 126 cm³/mol. The zero-order chi connectivity index (χ0) is 39.5. The van der Waals surface area contributed by atoms with E-state index in [0.717, 1.165) is 13.8 Å². The zero-order valence-electron chi connectivity index (χ0n) is 23.6. The van der Waals surface area contributed by atoms with E-state index in [4.69, 9.17) is 0 Å². The molecule has 0 saturated heterocycles. The van der Waals surface area contributed by atoms with Gasteiger partial charge < -0.3 is 9.47 Å². The van der Waals surface area contributed by atoms with Crippen molar-refractivity contribution in [3.8, 4) is 0 Å². The molecule has 0 N–H and O–H groups in total. The van der Waals surface area contributed by atoms with Gasteiger partial charge >= 0.3 is 71.4 Å². The molecule has 49 heavy (non-hydrogen) atoms. The van der Waals surface area contributed by atoms with Crippen LogP contribution in [0.15, 0.2) is 11.6 Å². The molecule has 1 unspecified atom stereocenters. The number of esters is 2. The fourth-order valence-electron chi connectivity index (χ4n) is 4.27. The third-order valence-electron chi connectivity index (χ3n) is 7.05. The molecule has 0 heterocycles. The number of halogens is 22. The molecule has 1 fully saturated rings. The van der Waals surface area contributed by atoms with Gasteiger partial charge in [-0.15, -0.1) is 0 Å². The van der Waals surface area contributed by atoms with Crippen molar-refractivity contribution in [2.45, 2.75) is 86.2 Å². The maximum absolute atomic E-state index is 14.7. The van der Waals surface area contributed by atoms with Crippen molar-refractivity contribution in [2.75, 3.05) is 17.6 Å². The zero-order valence-corrected chi connectivity index (χ0v) is 25.8. The molecular weight excluding hydrogens is 866 g/mol. The van der Waals surface area contributed by atoms with Crippen molar-refractivity contribution < 1.29 is 111 Å². The van der Waals surface area contributed by atoms with Gasteiger partial charge in [-0.2, -0.15) is 92.2 Å². The first-order valence-electron chi connectivity index (χ1n) is 12.5. The van der Waals surface area contributed by atoms with Crippen molar-refractivity contribution >= 4 is 34.5 Å². The number of hydrogen-bond donors (Lipinski definition) is 0. The molecular formula is C23H18F21IO4. The fourth-order valence-corrected chi connectivity index (χ4v) is 5.14. The van der Waals surface area contributed by atoms with Gasteiger partial charge in [-0.3, -0.25) is 9.59 Å². The summed E-state index contributed by atoms with van der Waals surface area (Å²) in [5, 5.41) is 0. The van der Waals surface area contributed by atoms with Crippen molar-refractivity contribution in [2.24, 2.45) is 11.3 Å². The minimum Gasteiger partial charge on any atom is -0.465 e. The Morgan fingerprint density at radius 3 is 1.20 bits per heavy atom. The number of rotatable bonds is 14. The molecule has 0 bridgehead atoms. The Morgan fingerprint density at radius 2 is 0.918 bits per heavy atom. The molecule has 0 aliphatic heterocycles. The maximum atomic E-state index is 14.7. The molecule has 0 aromatic rings. The summed E-state index contributed by atoms with van der Waals surface area (Å²) in [6, 6.07) is 0. The Hall–Kier alpha value is -2.06. The molecule has 1 aliphatic rings. The van der Waals surface area contributed by atoms with Gasteiger partial charge in [0.25, 0.3) is 0 Å². The molecule has 4 nitrogen and oxygen atoms in total. The summed E-state index contributed by atoms with van der Waals surface area (Å²) in [5.41, 5.74) is -4.09. The molecule has 1 saturated carbocycles. The lowest BCUT2D eigenvalue weighted by Gasteiger charge is -2.44. The third-order valence-corrected chi connectivity index (χ3v) is 8.11. The standard InChI is InChI=1S/C23H18F21IO4/c1-3-48-11(46)13(12(47)49-4-2)5-9(10(6-13)8-45)7-14(24,25)15(26,27)16(28,29)17(30,31)18(32,33)19(34,35)20(36,37)21(38,39)22(40,41)23(42,43)44/h7,10H,3-6,8H2,1-2H3/b9-7-. The number of hydrogen-bond acceptors (Lipinski definition) is 4. The fraction of sp³-hybridized carbons (Fsp3) is 0.826. The minimum absolute atomic E-state index is 0.541. The van der Waals surface area contributed by atoms with E-state index in [-0.39, 0.29) is 0 Å². The first kappa shape index (κ1) is 45.0. The Balaban J connectivity index is 3.88. The molecule has 0 amide bonds. The molecule has 0 aromatic carbocycles. The number of carbonyl (C=O) groups excluding carboxylic acids is 2. The van der Waals surface area contributed by atoms with Crippen LogP contribution in [0.3, 0.4) is 0 Å². The SMILES string of the molecule is CCOC(=O)C1(C(=O)OCC)C/C(=C/C(F)(F)C(F)(F)C(F)(F)C(F)(F)C(F)(F)C(F)(F)C(F)(F)C(F)(F)C(F)(F)C(F)(F)F)C(CI)C1. The largest absolute Gasteiger partial charge is 0.465 e.